The fraction of sp³-hybridized carbons (Fsp3) is 0.0476. The Bertz CT molecular complexity index is 1320. The maximum absolute atomic E-state index is 11.4. The molecular formula is C21H24N4O3S. The molecule has 0 atom stereocenters. The summed E-state index contributed by atoms with van der Waals surface area (Å²) in [6, 6.07) is 16.2. The average molecular weight is 413 g/mol. The number of benzene rings is 2. The van der Waals surface area contributed by atoms with Crippen molar-refractivity contribution in [2.24, 2.45) is 5.73 Å². The van der Waals surface area contributed by atoms with E-state index in [2.05, 4.69) is 14.7 Å². The molecule has 0 saturated carbocycles. The minimum absolute atomic E-state index is 0. The molecule has 0 fully saturated rings. The molecule has 152 valence electrons. The lowest BCUT2D eigenvalue weighted by molar-refractivity contribution is 0.100. The molecular weight excluding hydrogens is 388 g/mol. The fourth-order valence-electron chi connectivity index (χ4n) is 3.16. The number of nitrogens with zero attached hydrogens (tertiary/aromatic N) is 1. The molecule has 2 aromatic heterocycles. The van der Waals surface area contributed by atoms with Crippen molar-refractivity contribution >= 4 is 32.7 Å². The molecule has 2 heterocycles. The number of H-pyrrole nitrogens is 1. The number of aromatic nitrogens is 2. The Morgan fingerprint density at radius 2 is 1.69 bits per heavy atom. The van der Waals surface area contributed by atoms with Gasteiger partial charge in [-0.3, -0.25) is 9.52 Å². The third kappa shape index (κ3) is 3.97. The summed E-state index contributed by atoms with van der Waals surface area (Å²) >= 11 is 0. The van der Waals surface area contributed by atoms with Crippen molar-refractivity contribution < 1.29 is 17.5 Å². The lowest BCUT2D eigenvalue weighted by Gasteiger charge is -2.07. The van der Waals surface area contributed by atoms with Crippen LogP contribution in [0.25, 0.3) is 33.3 Å². The summed E-state index contributed by atoms with van der Waals surface area (Å²) in [7, 11) is -3.32. The highest BCUT2D eigenvalue weighted by molar-refractivity contribution is 7.92. The molecule has 0 bridgehead atoms. The third-order valence-electron chi connectivity index (χ3n) is 4.53. The molecule has 4 N–H and O–H groups in total. The van der Waals surface area contributed by atoms with E-state index >= 15 is 0 Å². The molecule has 29 heavy (non-hydrogen) atoms. The highest BCUT2D eigenvalue weighted by Gasteiger charge is 2.10. The summed E-state index contributed by atoms with van der Waals surface area (Å²) in [5.74, 6) is -0.465. The first-order valence-electron chi connectivity index (χ1n) is 8.76. The predicted molar refractivity (Wildman–Crippen MR) is 120 cm³/mol. The molecule has 0 aliphatic rings. The second-order valence-electron chi connectivity index (χ2n) is 6.72. The number of nitrogens with one attached hydrogen (secondary N) is 2. The molecule has 0 aliphatic carbocycles. The molecule has 0 saturated heterocycles. The topological polar surface area (TPSA) is 118 Å². The van der Waals surface area contributed by atoms with Crippen molar-refractivity contribution in [3.8, 4) is 22.3 Å². The van der Waals surface area contributed by atoms with Crippen LogP contribution in [-0.2, 0) is 10.0 Å². The van der Waals surface area contributed by atoms with Gasteiger partial charge in [0, 0.05) is 44.4 Å². The molecule has 0 aliphatic heterocycles. The number of fused-ring (bicyclic) bond motifs is 1. The SMILES string of the molecule is CS(=O)(=O)Nc1ccc(-c2cnc3[nH]cc(-c4ccc(C(N)=O)cc4)c3c2)cc1.[HH].[HH].[HH]. The number of anilines is 1. The van der Waals surface area contributed by atoms with Gasteiger partial charge in [-0.15, -0.1) is 0 Å². The molecule has 4 aromatic rings. The van der Waals surface area contributed by atoms with Crippen molar-refractivity contribution in [1.29, 1.82) is 0 Å². The second kappa shape index (κ2) is 7.06. The Labute approximate surface area is 172 Å². The van der Waals surface area contributed by atoms with Crippen LogP contribution >= 0.6 is 0 Å². The minimum atomic E-state index is -3.32. The number of hydrogen-bond acceptors (Lipinski definition) is 4. The molecule has 2 aromatic carbocycles. The van der Waals surface area contributed by atoms with Crippen molar-refractivity contribution in [3.05, 3.63) is 72.6 Å². The Hall–Kier alpha value is -3.65. The number of primary amides is 1. The van der Waals surface area contributed by atoms with Gasteiger partial charge < -0.3 is 10.7 Å². The van der Waals surface area contributed by atoms with Crippen LogP contribution in [0, 0.1) is 0 Å². The number of rotatable bonds is 5. The van der Waals surface area contributed by atoms with Gasteiger partial charge in [-0.25, -0.2) is 13.4 Å². The molecule has 0 spiro atoms. The number of carbonyl (C=O) groups excluding carboxylic acids is 1. The Morgan fingerprint density at radius 3 is 2.31 bits per heavy atom. The van der Waals surface area contributed by atoms with E-state index < -0.39 is 15.9 Å². The minimum Gasteiger partial charge on any atom is -0.366 e. The maximum atomic E-state index is 11.4. The summed E-state index contributed by atoms with van der Waals surface area (Å²) in [6.07, 6.45) is 4.75. The third-order valence-corrected chi connectivity index (χ3v) is 5.14. The highest BCUT2D eigenvalue weighted by atomic mass is 32.2. The van der Waals surface area contributed by atoms with E-state index in [1.165, 1.54) is 0 Å². The number of pyridine rings is 1. The van der Waals surface area contributed by atoms with E-state index in [0.717, 1.165) is 39.5 Å². The van der Waals surface area contributed by atoms with E-state index in [1.807, 2.05) is 36.5 Å². The lowest BCUT2D eigenvalue weighted by Crippen LogP contribution is -2.10. The van der Waals surface area contributed by atoms with E-state index in [9.17, 15) is 13.2 Å². The Kier molecular flexibility index (Phi) is 4.56. The average Bonchev–Trinajstić information content (AvgIpc) is 3.10. The maximum Gasteiger partial charge on any atom is 0.248 e. The van der Waals surface area contributed by atoms with Gasteiger partial charge in [0.2, 0.25) is 15.9 Å². The first-order chi connectivity index (χ1) is 13.8. The normalized spacial score (nSPS) is 11.5. The zero-order valence-electron chi connectivity index (χ0n) is 15.5. The van der Waals surface area contributed by atoms with Crippen molar-refractivity contribution in [2.75, 3.05) is 11.0 Å². The number of carbonyl (C=O) groups is 1. The first-order valence-corrected chi connectivity index (χ1v) is 10.6. The zero-order valence-corrected chi connectivity index (χ0v) is 16.3. The van der Waals surface area contributed by atoms with Crippen LogP contribution in [0.1, 0.15) is 14.6 Å². The quantitative estimate of drug-likeness (QED) is 0.457. The molecule has 8 heteroatoms. The summed E-state index contributed by atoms with van der Waals surface area (Å²) in [4.78, 5) is 18.9. The van der Waals surface area contributed by atoms with Gasteiger partial charge in [-0.2, -0.15) is 0 Å². The number of amides is 1. The number of aromatic amines is 1. The molecule has 7 nitrogen and oxygen atoms in total. The largest absolute Gasteiger partial charge is 0.366 e. The van der Waals surface area contributed by atoms with E-state index in [-0.39, 0.29) is 4.28 Å². The van der Waals surface area contributed by atoms with Crippen LogP contribution < -0.4 is 10.5 Å². The van der Waals surface area contributed by atoms with Gasteiger partial charge >= 0.3 is 0 Å². The van der Waals surface area contributed by atoms with Crippen molar-refractivity contribution in [1.82, 2.24) is 9.97 Å². The molecule has 0 radical (unpaired) electrons. The van der Waals surface area contributed by atoms with Gasteiger partial charge in [0.1, 0.15) is 5.65 Å². The molecule has 4 rings (SSSR count). The van der Waals surface area contributed by atoms with Gasteiger partial charge in [-0.1, -0.05) is 24.3 Å². The summed E-state index contributed by atoms with van der Waals surface area (Å²) < 4.78 is 25.2. The highest BCUT2D eigenvalue weighted by Crippen LogP contribution is 2.31. The van der Waals surface area contributed by atoms with Gasteiger partial charge in [0.25, 0.3) is 0 Å². The number of hydrogen-bond donors (Lipinski definition) is 3. The molecule has 1 amide bonds. The monoisotopic (exact) mass is 412 g/mol. The van der Waals surface area contributed by atoms with E-state index in [1.54, 1.807) is 30.5 Å². The van der Waals surface area contributed by atoms with Gasteiger partial charge in [-0.05, 0) is 41.5 Å². The Morgan fingerprint density at radius 1 is 1.03 bits per heavy atom. The van der Waals surface area contributed by atoms with E-state index in [4.69, 9.17) is 5.73 Å². The Balaban J connectivity index is 0.00000171. The predicted octanol–water partition coefficient (Wildman–Crippen LogP) is 4.11. The van der Waals surface area contributed by atoms with Crippen molar-refractivity contribution in [2.45, 2.75) is 0 Å². The van der Waals surface area contributed by atoms with Crippen LogP contribution in [0.2, 0.25) is 0 Å². The number of sulfonamides is 1. The van der Waals surface area contributed by atoms with Gasteiger partial charge in [0.15, 0.2) is 0 Å². The second-order valence-corrected chi connectivity index (χ2v) is 8.46. The van der Waals surface area contributed by atoms with Crippen molar-refractivity contribution in [3.63, 3.8) is 0 Å². The fourth-order valence-corrected chi connectivity index (χ4v) is 3.72. The zero-order chi connectivity index (χ0) is 20.6. The molecule has 0 unspecified atom stereocenters. The van der Waals surface area contributed by atoms with Gasteiger partial charge in [0.05, 0.1) is 6.26 Å². The number of nitrogens with two attached hydrogens (primary N) is 1. The van der Waals surface area contributed by atoms with Crippen LogP contribution in [0.5, 0.6) is 0 Å². The van der Waals surface area contributed by atoms with Crippen LogP contribution in [0.3, 0.4) is 0 Å². The summed E-state index contributed by atoms with van der Waals surface area (Å²) in [6.45, 7) is 0. The lowest BCUT2D eigenvalue weighted by atomic mass is 10.0. The summed E-state index contributed by atoms with van der Waals surface area (Å²) in [5, 5.41) is 0.938. The van der Waals surface area contributed by atoms with Crippen LogP contribution in [0.4, 0.5) is 5.69 Å². The van der Waals surface area contributed by atoms with Crippen LogP contribution in [0.15, 0.2) is 67.0 Å². The first kappa shape index (κ1) is 18.7. The van der Waals surface area contributed by atoms with Crippen LogP contribution in [-0.4, -0.2) is 30.5 Å². The smallest absolute Gasteiger partial charge is 0.248 e. The summed E-state index contributed by atoms with van der Waals surface area (Å²) in [5.41, 5.74) is 10.7. The van der Waals surface area contributed by atoms with E-state index in [0.29, 0.717) is 11.3 Å². The standard InChI is InChI=1S/C21H18N4O3S.3H2/c1-29(27,28)25-17-8-6-13(7-9-17)16-10-18-19(12-24-21(18)23-11-16)14-2-4-15(5-3-14)20(22)26;;;/h2-12,25H,1H3,(H2,22,26)(H,23,24);3*1H.